The maximum atomic E-state index is 12.2. The summed E-state index contributed by atoms with van der Waals surface area (Å²) >= 11 is 0. The number of aromatic nitrogens is 1. The third-order valence-electron chi connectivity index (χ3n) is 2.85. The normalized spacial score (nSPS) is 20.1. The number of hydrogen-bond acceptors (Lipinski definition) is 3. The number of carbonyl (C=O) groups is 1. The number of nitrogens with one attached hydrogen (secondary N) is 1. The number of hydroxylamine groups is 2. The Hall–Kier alpha value is -1.85. The molecular formula is C12H12N2O3. The van der Waals surface area contributed by atoms with Gasteiger partial charge in [0, 0.05) is 17.1 Å². The molecule has 1 aromatic heterocycles. The van der Waals surface area contributed by atoms with Crippen LogP contribution in [0.3, 0.4) is 0 Å². The second kappa shape index (κ2) is 3.87. The van der Waals surface area contributed by atoms with Crippen molar-refractivity contribution < 1.29 is 14.7 Å². The molecule has 0 bridgehead atoms. The van der Waals surface area contributed by atoms with Crippen molar-refractivity contribution in [3.63, 3.8) is 0 Å². The van der Waals surface area contributed by atoms with Gasteiger partial charge in [-0.3, -0.25) is 9.63 Å². The molecule has 1 aliphatic rings. The highest BCUT2D eigenvalue weighted by molar-refractivity contribution is 6.06. The summed E-state index contributed by atoms with van der Waals surface area (Å²) in [4.78, 5) is 20.4. The fourth-order valence-corrected chi connectivity index (χ4v) is 2.02. The van der Waals surface area contributed by atoms with Gasteiger partial charge in [-0.2, -0.15) is 0 Å². The molecule has 5 heteroatoms. The van der Waals surface area contributed by atoms with Crippen LogP contribution in [0.2, 0.25) is 0 Å². The summed E-state index contributed by atoms with van der Waals surface area (Å²) < 4.78 is 0. The zero-order chi connectivity index (χ0) is 11.8. The summed E-state index contributed by atoms with van der Waals surface area (Å²) in [7, 11) is 0. The first-order valence-electron chi connectivity index (χ1n) is 5.44. The Balaban J connectivity index is 1.98. The molecule has 2 N–H and O–H groups in total. The highest BCUT2D eigenvalue weighted by atomic mass is 16.7. The maximum absolute atomic E-state index is 12.2. The number of β-amino-alcohol motifs (C(OH)–C–C–N with tert-alkyl or cyclic N) is 1. The second-order valence-electron chi connectivity index (χ2n) is 4.06. The van der Waals surface area contributed by atoms with E-state index in [0.717, 1.165) is 10.9 Å². The maximum Gasteiger partial charge on any atom is 0.278 e. The fraction of sp³-hybridized carbons (Fsp3) is 0.250. The summed E-state index contributed by atoms with van der Waals surface area (Å²) in [5.74, 6) is -0.216. The third kappa shape index (κ3) is 1.69. The molecule has 2 heterocycles. The number of H-pyrrole nitrogens is 1. The molecule has 1 aliphatic heterocycles. The van der Waals surface area contributed by atoms with E-state index in [0.29, 0.717) is 5.56 Å². The number of aliphatic hydroxyl groups is 1. The van der Waals surface area contributed by atoms with Crippen LogP contribution in [0.4, 0.5) is 0 Å². The summed E-state index contributed by atoms with van der Waals surface area (Å²) in [5, 5.41) is 11.4. The number of hydrogen-bond donors (Lipinski definition) is 2. The van der Waals surface area contributed by atoms with Crippen LogP contribution in [0.5, 0.6) is 0 Å². The SMILES string of the molecule is O=C(c1cccc2[nH]ccc12)N1CC(O)CO1. The number of aliphatic hydroxyl groups excluding tert-OH is 1. The smallest absolute Gasteiger partial charge is 0.278 e. The van der Waals surface area contributed by atoms with E-state index in [-0.39, 0.29) is 19.1 Å². The van der Waals surface area contributed by atoms with Crippen molar-refractivity contribution in [3.05, 3.63) is 36.0 Å². The Morgan fingerprint density at radius 2 is 2.35 bits per heavy atom. The molecule has 17 heavy (non-hydrogen) atoms. The van der Waals surface area contributed by atoms with Crippen molar-refractivity contribution in [1.29, 1.82) is 0 Å². The summed E-state index contributed by atoms with van der Waals surface area (Å²) in [6, 6.07) is 7.34. The van der Waals surface area contributed by atoms with Crippen LogP contribution >= 0.6 is 0 Å². The molecule has 1 fully saturated rings. The standard InChI is InChI=1S/C12H12N2O3/c15-8-6-14(17-7-8)12(16)10-2-1-3-11-9(10)4-5-13-11/h1-5,8,13,15H,6-7H2. The van der Waals surface area contributed by atoms with Gasteiger partial charge in [0.2, 0.25) is 0 Å². The Morgan fingerprint density at radius 1 is 1.47 bits per heavy atom. The molecule has 0 saturated carbocycles. The van der Waals surface area contributed by atoms with Crippen LogP contribution in [0.15, 0.2) is 30.5 Å². The molecule has 1 saturated heterocycles. The van der Waals surface area contributed by atoms with E-state index < -0.39 is 6.10 Å². The van der Waals surface area contributed by atoms with Crippen molar-refractivity contribution in [2.24, 2.45) is 0 Å². The minimum Gasteiger partial charge on any atom is -0.389 e. The van der Waals surface area contributed by atoms with Crippen LogP contribution < -0.4 is 0 Å². The number of aromatic amines is 1. The quantitative estimate of drug-likeness (QED) is 0.768. The average molecular weight is 232 g/mol. The van der Waals surface area contributed by atoms with Crippen LogP contribution in [-0.2, 0) is 4.84 Å². The van der Waals surface area contributed by atoms with E-state index in [9.17, 15) is 9.90 Å². The van der Waals surface area contributed by atoms with Gasteiger partial charge in [-0.1, -0.05) is 6.07 Å². The summed E-state index contributed by atoms with van der Waals surface area (Å²) in [6.45, 7) is 0.397. The van der Waals surface area contributed by atoms with Gasteiger partial charge in [0.1, 0.15) is 12.7 Å². The lowest BCUT2D eigenvalue weighted by Gasteiger charge is -2.14. The van der Waals surface area contributed by atoms with Gasteiger partial charge in [-0.15, -0.1) is 0 Å². The van der Waals surface area contributed by atoms with E-state index in [1.165, 1.54) is 5.06 Å². The summed E-state index contributed by atoms with van der Waals surface area (Å²) in [5.41, 5.74) is 1.49. The number of carbonyl (C=O) groups excluding carboxylic acids is 1. The van der Waals surface area contributed by atoms with E-state index in [4.69, 9.17) is 4.84 Å². The zero-order valence-corrected chi connectivity index (χ0v) is 9.09. The topological polar surface area (TPSA) is 65.6 Å². The van der Waals surface area contributed by atoms with Gasteiger partial charge in [-0.05, 0) is 18.2 Å². The Kier molecular flexibility index (Phi) is 2.35. The lowest BCUT2D eigenvalue weighted by molar-refractivity contribution is -0.0778. The van der Waals surface area contributed by atoms with Crippen LogP contribution in [0, 0.1) is 0 Å². The number of amides is 1. The number of nitrogens with zero attached hydrogens (tertiary/aromatic N) is 1. The van der Waals surface area contributed by atoms with E-state index >= 15 is 0 Å². The molecule has 1 atom stereocenters. The van der Waals surface area contributed by atoms with Gasteiger partial charge in [-0.25, -0.2) is 5.06 Å². The second-order valence-corrected chi connectivity index (χ2v) is 4.06. The predicted molar refractivity (Wildman–Crippen MR) is 61.3 cm³/mol. The first-order valence-corrected chi connectivity index (χ1v) is 5.44. The zero-order valence-electron chi connectivity index (χ0n) is 9.09. The monoisotopic (exact) mass is 232 g/mol. The molecule has 1 unspecified atom stereocenters. The minimum atomic E-state index is -0.593. The Morgan fingerprint density at radius 3 is 3.12 bits per heavy atom. The lowest BCUT2D eigenvalue weighted by atomic mass is 10.1. The molecule has 2 aromatic rings. The molecule has 0 spiro atoms. The Bertz CT molecular complexity index is 564. The highest BCUT2D eigenvalue weighted by Crippen LogP contribution is 2.20. The number of rotatable bonds is 1. The molecule has 0 aliphatic carbocycles. The van der Waals surface area contributed by atoms with E-state index in [2.05, 4.69) is 4.98 Å². The van der Waals surface area contributed by atoms with E-state index in [1.807, 2.05) is 18.2 Å². The van der Waals surface area contributed by atoms with Gasteiger partial charge in [0.05, 0.1) is 12.1 Å². The van der Waals surface area contributed by atoms with Crippen LogP contribution in [-0.4, -0.2) is 40.3 Å². The number of benzene rings is 1. The molecule has 1 aromatic carbocycles. The molecule has 88 valence electrons. The predicted octanol–water partition coefficient (Wildman–Crippen LogP) is 0.916. The van der Waals surface area contributed by atoms with Gasteiger partial charge < -0.3 is 10.1 Å². The van der Waals surface area contributed by atoms with E-state index in [1.54, 1.807) is 12.3 Å². The molecular weight excluding hydrogens is 220 g/mol. The first-order chi connectivity index (χ1) is 8.25. The average Bonchev–Trinajstić information content (AvgIpc) is 2.95. The van der Waals surface area contributed by atoms with Gasteiger partial charge in [0.25, 0.3) is 5.91 Å². The van der Waals surface area contributed by atoms with Crippen molar-refractivity contribution in [1.82, 2.24) is 10.0 Å². The third-order valence-corrected chi connectivity index (χ3v) is 2.85. The summed E-state index contributed by atoms with van der Waals surface area (Å²) in [6.07, 6.45) is 1.20. The minimum absolute atomic E-state index is 0.175. The lowest BCUT2D eigenvalue weighted by Crippen LogP contribution is -2.28. The van der Waals surface area contributed by atoms with Crippen molar-refractivity contribution in [3.8, 4) is 0 Å². The van der Waals surface area contributed by atoms with Crippen molar-refractivity contribution >= 4 is 16.8 Å². The van der Waals surface area contributed by atoms with Gasteiger partial charge in [0.15, 0.2) is 0 Å². The van der Waals surface area contributed by atoms with Crippen LogP contribution in [0.25, 0.3) is 10.9 Å². The van der Waals surface area contributed by atoms with Crippen molar-refractivity contribution in [2.45, 2.75) is 6.10 Å². The molecule has 3 rings (SSSR count). The molecule has 0 radical (unpaired) electrons. The first kappa shape index (κ1) is 10.3. The van der Waals surface area contributed by atoms with Crippen molar-refractivity contribution in [2.75, 3.05) is 13.2 Å². The molecule has 1 amide bonds. The van der Waals surface area contributed by atoms with Gasteiger partial charge >= 0.3 is 0 Å². The fourth-order valence-electron chi connectivity index (χ4n) is 2.02. The number of fused-ring (bicyclic) bond motifs is 1. The largest absolute Gasteiger partial charge is 0.389 e. The molecule has 5 nitrogen and oxygen atoms in total. The van der Waals surface area contributed by atoms with Crippen LogP contribution in [0.1, 0.15) is 10.4 Å². The highest BCUT2D eigenvalue weighted by Gasteiger charge is 2.27. The Labute approximate surface area is 97.6 Å².